The van der Waals surface area contributed by atoms with E-state index >= 15 is 0 Å². The van der Waals surface area contributed by atoms with Crippen LogP contribution in [0.15, 0.2) is 42.5 Å². The smallest absolute Gasteiger partial charge is 0.223 e. The molecule has 3 rings (SSSR count). The maximum absolute atomic E-state index is 12.4. The lowest BCUT2D eigenvalue weighted by atomic mass is 10.0. The van der Waals surface area contributed by atoms with Crippen LogP contribution < -0.4 is 0 Å². The molecule has 0 spiro atoms. The van der Waals surface area contributed by atoms with Crippen LogP contribution in [-0.4, -0.2) is 42.4 Å². The number of hydrogen-bond acceptors (Lipinski definition) is 3. The summed E-state index contributed by atoms with van der Waals surface area (Å²) in [7, 11) is 0. The van der Waals surface area contributed by atoms with Gasteiger partial charge in [0.25, 0.3) is 0 Å². The standard InChI is InChI=1S/C19H21NO3/c1-14-13-23-11-10-20(14)19(22)9-8-18(21)17-7-6-15-4-2-3-5-16(15)12-17/h2-7,12,14H,8-11,13H2,1H3/t14-/m0/s1. The summed E-state index contributed by atoms with van der Waals surface area (Å²) in [5.41, 5.74) is 0.673. The Morgan fingerprint density at radius 3 is 2.70 bits per heavy atom. The predicted octanol–water partition coefficient (Wildman–Crippen LogP) is 3.05. The van der Waals surface area contributed by atoms with Crippen molar-refractivity contribution in [3.8, 4) is 0 Å². The van der Waals surface area contributed by atoms with Crippen molar-refractivity contribution in [2.45, 2.75) is 25.8 Å². The van der Waals surface area contributed by atoms with E-state index in [-0.39, 0.29) is 30.6 Å². The number of ketones is 1. The highest BCUT2D eigenvalue weighted by Crippen LogP contribution is 2.18. The van der Waals surface area contributed by atoms with Crippen LogP contribution in [0.25, 0.3) is 10.8 Å². The van der Waals surface area contributed by atoms with Crippen molar-refractivity contribution in [3.05, 3.63) is 48.0 Å². The molecular weight excluding hydrogens is 290 g/mol. The Morgan fingerprint density at radius 1 is 1.13 bits per heavy atom. The monoisotopic (exact) mass is 311 g/mol. The van der Waals surface area contributed by atoms with Crippen molar-refractivity contribution in [3.63, 3.8) is 0 Å². The number of fused-ring (bicyclic) bond motifs is 1. The fourth-order valence-electron chi connectivity index (χ4n) is 2.97. The van der Waals surface area contributed by atoms with Crippen LogP contribution in [0.3, 0.4) is 0 Å². The third-order valence-corrected chi connectivity index (χ3v) is 4.33. The SMILES string of the molecule is C[C@H]1COCCN1C(=O)CCC(=O)c1ccc2ccccc2c1. The molecule has 4 heteroatoms. The molecule has 0 aliphatic carbocycles. The largest absolute Gasteiger partial charge is 0.377 e. The van der Waals surface area contributed by atoms with Gasteiger partial charge in [-0.05, 0) is 23.8 Å². The number of amides is 1. The molecule has 0 N–H and O–H groups in total. The van der Waals surface area contributed by atoms with Gasteiger partial charge in [-0.3, -0.25) is 9.59 Å². The lowest BCUT2D eigenvalue weighted by molar-refractivity contribution is -0.139. The number of rotatable bonds is 4. The van der Waals surface area contributed by atoms with Crippen LogP contribution in [0.5, 0.6) is 0 Å². The topological polar surface area (TPSA) is 46.6 Å². The van der Waals surface area contributed by atoms with Gasteiger partial charge in [0.2, 0.25) is 5.91 Å². The van der Waals surface area contributed by atoms with Gasteiger partial charge >= 0.3 is 0 Å². The van der Waals surface area contributed by atoms with Gasteiger partial charge in [-0.25, -0.2) is 0 Å². The molecule has 0 radical (unpaired) electrons. The Kier molecular flexibility index (Phi) is 4.72. The summed E-state index contributed by atoms with van der Waals surface area (Å²) in [6.45, 7) is 3.74. The highest BCUT2D eigenvalue weighted by molar-refractivity contribution is 6.01. The Morgan fingerprint density at radius 2 is 1.91 bits per heavy atom. The van der Waals surface area contributed by atoms with E-state index in [1.165, 1.54) is 0 Å². The zero-order chi connectivity index (χ0) is 16.2. The third kappa shape index (κ3) is 3.59. The molecule has 120 valence electrons. The minimum atomic E-state index is 0.0185. The summed E-state index contributed by atoms with van der Waals surface area (Å²) >= 11 is 0. The first-order valence-electron chi connectivity index (χ1n) is 8.04. The minimum Gasteiger partial charge on any atom is -0.377 e. The molecule has 1 aliphatic heterocycles. The summed E-state index contributed by atoms with van der Waals surface area (Å²) < 4.78 is 5.34. The molecule has 23 heavy (non-hydrogen) atoms. The summed E-state index contributed by atoms with van der Waals surface area (Å²) in [5, 5.41) is 2.16. The van der Waals surface area contributed by atoms with Crippen LogP contribution in [0.4, 0.5) is 0 Å². The normalized spacial score (nSPS) is 18.1. The number of ether oxygens (including phenoxy) is 1. The quantitative estimate of drug-likeness (QED) is 0.815. The number of carbonyl (C=O) groups is 2. The second-order valence-corrected chi connectivity index (χ2v) is 6.00. The van der Waals surface area contributed by atoms with Crippen LogP contribution >= 0.6 is 0 Å². The molecule has 1 saturated heterocycles. The number of nitrogens with zero attached hydrogens (tertiary/aromatic N) is 1. The maximum Gasteiger partial charge on any atom is 0.223 e. The molecule has 1 atom stereocenters. The Balaban J connectivity index is 1.62. The van der Waals surface area contributed by atoms with E-state index < -0.39 is 0 Å². The van der Waals surface area contributed by atoms with Gasteiger partial charge in [-0.15, -0.1) is 0 Å². The summed E-state index contributed by atoms with van der Waals surface area (Å²) in [6.07, 6.45) is 0.511. The molecule has 2 aromatic rings. The molecule has 2 aromatic carbocycles. The van der Waals surface area contributed by atoms with Gasteiger partial charge in [0.15, 0.2) is 5.78 Å². The van der Waals surface area contributed by atoms with E-state index in [1.807, 2.05) is 54.3 Å². The number of hydrogen-bond donors (Lipinski definition) is 0. The fraction of sp³-hybridized carbons (Fsp3) is 0.368. The van der Waals surface area contributed by atoms with Gasteiger partial charge in [-0.1, -0.05) is 36.4 Å². The number of benzene rings is 2. The zero-order valence-corrected chi connectivity index (χ0v) is 13.3. The molecule has 1 aliphatic rings. The van der Waals surface area contributed by atoms with Crippen molar-refractivity contribution in [2.24, 2.45) is 0 Å². The highest BCUT2D eigenvalue weighted by Gasteiger charge is 2.24. The molecule has 0 aromatic heterocycles. The fourth-order valence-corrected chi connectivity index (χ4v) is 2.97. The van der Waals surface area contributed by atoms with Crippen molar-refractivity contribution in [2.75, 3.05) is 19.8 Å². The molecule has 1 fully saturated rings. The van der Waals surface area contributed by atoms with Gasteiger partial charge in [0.05, 0.1) is 19.3 Å². The Bertz CT molecular complexity index is 725. The lowest BCUT2D eigenvalue weighted by Crippen LogP contribution is -2.47. The van der Waals surface area contributed by atoms with Crippen molar-refractivity contribution >= 4 is 22.5 Å². The van der Waals surface area contributed by atoms with Crippen LogP contribution in [0.2, 0.25) is 0 Å². The van der Waals surface area contributed by atoms with E-state index in [0.717, 1.165) is 10.8 Å². The first kappa shape index (κ1) is 15.7. The molecule has 0 unspecified atom stereocenters. The Labute approximate surface area is 136 Å². The van der Waals surface area contributed by atoms with Crippen LogP contribution in [-0.2, 0) is 9.53 Å². The Hall–Kier alpha value is -2.20. The predicted molar refractivity (Wildman–Crippen MR) is 89.5 cm³/mol. The lowest BCUT2D eigenvalue weighted by Gasteiger charge is -2.33. The molecule has 0 bridgehead atoms. The van der Waals surface area contributed by atoms with Crippen molar-refractivity contribution in [1.29, 1.82) is 0 Å². The zero-order valence-electron chi connectivity index (χ0n) is 13.3. The molecule has 1 amide bonds. The van der Waals surface area contributed by atoms with E-state index in [9.17, 15) is 9.59 Å². The van der Waals surface area contributed by atoms with Crippen LogP contribution in [0, 0.1) is 0 Å². The van der Waals surface area contributed by atoms with E-state index in [2.05, 4.69) is 0 Å². The third-order valence-electron chi connectivity index (χ3n) is 4.33. The van der Waals surface area contributed by atoms with Crippen molar-refractivity contribution < 1.29 is 14.3 Å². The minimum absolute atomic E-state index is 0.0185. The average molecular weight is 311 g/mol. The summed E-state index contributed by atoms with van der Waals surface area (Å²) in [6, 6.07) is 13.7. The van der Waals surface area contributed by atoms with E-state index in [0.29, 0.717) is 25.3 Å². The van der Waals surface area contributed by atoms with Gasteiger partial charge < -0.3 is 9.64 Å². The summed E-state index contributed by atoms with van der Waals surface area (Å²) in [4.78, 5) is 26.5. The van der Waals surface area contributed by atoms with Crippen molar-refractivity contribution in [1.82, 2.24) is 4.90 Å². The van der Waals surface area contributed by atoms with Gasteiger partial charge in [0, 0.05) is 24.9 Å². The maximum atomic E-state index is 12.4. The van der Waals surface area contributed by atoms with Gasteiger partial charge in [0.1, 0.15) is 0 Å². The van der Waals surface area contributed by atoms with E-state index in [1.54, 1.807) is 0 Å². The second-order valence-electron chi connectivity index (χ2n) is 6.00. The number of morpholine rings is 1. The summed E-state index contributed by atoms with van der Waals surface area (Å²) in [5.74, 6) is 0.0555. The first-order chi connectivity index (χ1) is 11.1. The van der Waals surface area contributed by atoms with Gasteiger partial charge in [-0.2, -0.15) is 0 Å². The molecule has 4 nitrogen and oxygen atoms in total. The average Bonchev–Trinajstić information content (AvgIpc) is 2.59. The molecular formula is C19H21NO3. The number of carbonyl (C=O) groups excluding carboxylic acids is 2. The molecule has 1 heterocycles. The highest BCUT2D eigenvalue weighted by atomic mass is 16.5. The molecule has 0 saturated carbocycles. The number of Topliss-reactive ketones (excluding diaryl/α,β-unsaturated/α-hetero) is 1. The van der Waals surface area contributed by atoms with Crippen LogP contribution in [0.1, 0.15) is 30.1 Å². The second kappa shape index (κ2) is 6.92. The first-order valence-corrected chi connectivity index (χ1v) is 8.04. The van der Waals surface area contributed by atoms with E-state index in [4.69, 9.17) is 4.74 Å².